The third-order valence-electron chi connectivity index (χ3n) is 0.638. The first kappa shape index (κ1) is 11.0. The molecule has 0 aliphatic carbocycles. The van der Waals surface area contributed by atoms with Crippen LogP contribution in [0.3, 0.4) is 0 Å². The summed E-state index contributed by atoms with van der Waals surface area (Å²) in [4.78, 5) is 51.6. The number of hydrogen-bond acceptors (Lipinski definition) is 9. The van der Waals surface area contributed by atoms with E-state index in [1.165, 1.54) is 0 Å². The third kappa shape index (κ3) is 3.01. The van der Waals surface area contributed by atoms with Gasteiger partial charge >= 0.3 is 24.5 Å². The molecule has 0 bridgehead atoms. The Kier molecular flexibility index (Phi) is 2.72. The van der Waals surface area contributed by atoms with Crippen LogP contribution < -0.4 is 0 Å². The SMILES string of the molecule is O[P+]1(O)O[P+](O)(O)O[P+](O)(O)O1. The normalized spacial score (nSPS) is 31.5. The zero-order chi connectivity index (χ0) is 9.62. The molecule has 0 amide bonds. The van der Waals surface area contributed by atoms with Gasteiger partial charge in [-0.1, -0.05) is 0 Å². The lowest BCUT2D eigenvalue weighted by molar-refractivity contribution is 0.105. The van der Waals surface area contributed by atoms with E-state index < -0.39 is 24.5 Å². The molecule has 12 heteroatoms. The van der Waals surface area contributed by atoms with Gasteiger partial charge in [0, 0.05) is 0 Å². The third-order valence-corrected chi connectivity index (χ3v) is 5.74. The van der Waals surface area contributed by atoms with Gasteiger partial charge in [-0.15, -0.1) is 0 Å². The first-order valence-electron chi connectivity index (χ1n) is 2.30. The smallest absolute Gasteiger partial charge is 0.162 e. The molecule has 0 radical (unpaired) electrons. The van der Waals surface area contributed by atoms with Gasteiger partial charge in [-0.3, -0.25) is 0 Å². The summed E-state index contributed by atoms with van der Waals surface area (Å²) < 4.78 is 11.1. The fourth-order valence-corrected chi connectivity index (χ4v) is 4.95. The fourth-order valence-electron chi connectivity index (χ4n) is 0.460. The Balaban J connectivity index is 2.81. The minimum absolute atomic E-state index is 3.70. The summed E-state index contributed by atoms with van der Waals surface area (Å²) in [6.07, 6.45) is 0. The Morgan fingerprint density at radius 2 is 0.667 bits per heavy atom. The predicted octanol–water partition coefficient (Wildman–Crippen LogP) is -0.964. The van der Waals surface area contributed by atoms with Crippen molar-refractivity contribution >= 4 is 24.5 Å². The van der Waals surface area contributed by atoms with Gasteiger partial charge < -0.3 is 0 Å². The van der Waals surface area contributed by atoms with E-state index in [2.05, 4.69) is 12.9 Å². The van der Waals surface area contributed by atoms with Gasteiger partial charge in [-0.05, 0) is 0 Å². The highest BCUT2D eigenvalue weighted by Gasteiger charge is 2.82. The van der Waals surface area contributed by atoms with Crippen LogP contribution in [0.25, 0.3) is 0 Å². The maximum Gasteiger partial charge on any atom is 0.667 e. The summed E-state index contributed by atoms with van der Waals surface area (Å²) in [7, 11) is -13.8. The summed E-state index contributed by atoms with van der Waals surface area (Å²) in [6.45, 7) is 0. The van der Waals surface area contributed by atoms with Crippen molar-refractivity contribution in [2.45, 2.75) is 0 Å². The topological polar surface area (TPSA) is 149 Å². The molecule has 1 heterocycles. The zero-order valence-corrected chi connectivity index (χ0v) is 7.93. The van der Waals surface area contributed by atoms with Crippen LogP contribution in [-0.2, 0) is 12.9 Å². The zero-order valence-electron chi connectivity index (χ0n) is 5.25. The van der Waals surface area contributed by atoms with Gasteiger partial charge in [0.25, 0.3) is 0 Å². The van der Waals surface area contributed by atoms with Crippen molar-refractivity contribution in [2.75, 3.05) is 0 Å². The van der Waals surface area contributed by atoms with Crippen molar-refractivity contribution < 1.29 is 42.3 Å². The van der Waals surface area contributed by atoms with Crippen LogP contribution in [0, 0.1) is 0 Å². The molecular weight excluding hydrogens is 237 g/mol. The average Bonchev–Trinajstić information content (AvgIpc) is 1.44. The van der Waals surface area contributed by atoms with Crippen molar-refractivity contribution in [2.24, 2.45) is 0 Å². The van der Waals surface area contributed by atoms with E-state index in [-0.39, 0.29) is 0 Å². The average molecular weight is 243 g/mol. The summed E-state index contributed by atoms with van der Waals surface area (Å²) in [6, 6.07) is 0. The van der Waals surface area contributed by atoms with Crippen molar-refractivity contribution in [3.63, 3.8) is 0 Å². The van der Waals surface area contributed by atoms with Gasteiger partial charge in [0.2, 0.25) is 0 Å². The van der Waals surface area contributed by atoms with Crippen LogP contribution in [0.2, 0.25) is 0 Å². The largest absolute Gasteiger partial charge is 0.667 e. The molecule has 0 aromatic heterocycles. The minimum Gasteiger partial charge on any atom is -0.162 e. The molecule has 9 nitrogen and oxygen atoms in total. The molecule has 12 heavy (non-hydrogen) atoms. The highest BCUT2D eigenvalue weighted by Crippen LogP contribution is 2.87. The van der Waals surface area contributed by atoms with E-state index in [0.717, 1.165) is 0 Å². The molecule has 1 rings (SSSR count). The second-order valence-electron chi connectivity index (χ2n) is 1.72. The predicted molar refractivity (Wildman–Crippen MR) is 37.3 cm³/mol. The molecule has 1 saturated heterocycles. The molecule has 6 N–H and O–H groups in total. The maximum atomic E-state index is 8.60. The Morgan fingerprint density at radius 3 is 0.833 bits per heavy atom. The highest BCUT2D eigenvalue weighted by molar-refractivity contribution is 7.81. The molecule has 72 valence electrons. The molecule has 0 aromatic carbocycles. The molecule has 0 atom stereocenters. The maximum absolute atomic E-state index is 8.60. The lowest BCUT2D eigenvalue weighted by atomic mass is 15.6. The van der Waals surface area contributed by atoms with Crippen LogP contribution in [-0.4, -0.2) is 29.4 Å². The van der Waals surface area contributed by atoms with E-state index in [4.69, 9.17) is 29.4 Å². The standard InChI is InChI=1S/H6O9P3/c1-10(2)7-11(3,4)9-12(5,6)8-10/h1-6H/q+3. The molecule has 1 aliphatic rings. The van der Waals surface area contributed by atoms with Crippen LogP contribution in [0.4, 0.5) is 0 Å². The molecule has 0 spiro atoms. The van der Waals surface area contributed by atoms with Gasteiger partial charge in [-0.25, -0.2) is 0 Å². The van der Waals surface area contributed by atoms with Crippen LogP contribution in [0.1, 0.15) is 0 Å². The number of hydrogen-bond donors (Lipinski definition) is 6. The molecule has 0 aromatic rings. The van der Waals surface area contributed by atoms with Crippen molar-refractivity contribution in [3.8, 4) is 0 Å². The Labute approximate surface area is 67.8 Å². The summed E-state index contributed by atoms with van der Waals surface area (Å²) in [5.74, 6) is 0. The second kappa shape index (κ2) is 2.96. The quantitative estimate of drug-likeness (QED) is 0.295. The second-order valence-corrected chi connectivity index (χ2v) is 6.62. The summed E-state index contributed by atoms with van der Waals surface area (Å²) >= 11 is 0. The summed E-state index contributed by atoms with van der Waals surface area (Å²) in [5, 5.41) is 0. The van der Waals surface area contributed by atoms with Gasteiger partial charge in [0.15, 0.2) is 0 Å². The van der Waals surface area contributed by atoms with Crippen LogP contribution in [0.5, 0.6) is 0 Å². The molecule has 1 aliphatic heterocycles. The van der Waals surface area contributed by atoms with Crippen LogP contribution >= 0.6 is 24.5 Å². The fraction of sp³-hybridized carbons (Fsp3) is 0. The Hall–Kier alpha value is 0.930. The van der Waals surface area contributed by atoms with Crippen molar-refractivity contribution in [3.05, 3.63) is 0 Å². The van der Waals surface area contributed by atoms with Gasteiger partial charge in [0.1, 0.15) is 12.9 Å². The first-order valence-corrected chi connectivity index (χ1v) is 6.89. The monoisotopic (exact) mass is 243 g/mol. The molecule has 0 unspecified atom stereocenters. The van der Waals surface area contributed by atoms with E-state index >= 15 is 0 Å². The molecule has 1 fully saturated rings. The van der Waals surface area contributed by atoms with E-state index in [0.29, 0.717) is 0 Å². The number of rotatable bonds is 0. The van der Waals surface area contributed by atoms with E-state index in [1.54, 1.807) is 0 Å². The highest BCUT2D eigenvalue weighted by atomic mass is 31.4. The lowest BCUT2D eigenvalue weighted by Crippen LogP contribution is -2.14. The van der Waals surface area contributed by atoms with Gasteiger partial charge in [0.05, 0.1) is 0 Å². The van der Waals surface area contributed by atoms with Crippen molar-refractivity contribution in [1.29, 1.82) is 0 Å². The Bertz CT molecular complexity index is 137. The Morgan fingerprint density at radius 1 is 0.500 bits per heavy atom. The van der Waals surface area contributed by atoms with Crippen molar-refractivity contribution in [1.82, 2.24) is 0 Å². The molecule has 0 saturated carbocycles. The minimum atomic E-state index is -4.61. The lowest BCUT2D eigenvalue weighted by Gasteiger charge is -2.13. The first-order chi connectivity index (χ1) is 5.12. The van der Waals surface area contributed by atoms with E-state index in [1.807, 2.05) is 0 Å². The van der Waals surface area contributed by atoms with Crippen LogP contribution in [0.15, 0.2) is 0 Å². The van der Waals surface area contributed by atoms with E-state index in [9.17, 15) is 0 Å². The van der Waals surface area contributed by atoms with Gasteiger partial charge in [-0.2, -0.15) is 29.4 Å². The summed E-state index contributed by atoms with van der Waals surface area (Å²) in [5.41, 5.74) is 0. The molecular formula is H6O9P3+3.